The summed E-state index contributed by atoms with van der Waals surface area (Å²) in [5.41, 5.74) is -1.98. The van der Waals surface area contributed by atoms with Crippen LogP contribution < -0.4 is 9.62 Å². The molecular formula is C16H17ClF3N3O3S. The lowest BCUT2D eigenvalue weighted by atomic mass is 10.1. The van der Waals surface area contributed by atoms with Crippen molar-refractivity contribution in [3.63, 3.8) is 0 Å². The fraction of sp³-hybridized carbons (Fsp3) is 0.312. The number of rotatable bonds is 4. The molecule has 0 aliphatic rings. The topological polar surface area (TPSA) is 82.3 Å². The Kier molecular flexibility index (Phi) is 5.65. The lowest BCUT2D eigenvalue weighted by Gasteiger charge is -2.20. The molecule has 0 atom stereocenters. The second kappa shape index (κ2) is 7.17. The van der Waals surface area contributed by atoms with Gasteiger partial charge in [0.15, 0.2) is 11.6 Å². The van der Waals surface area contributed by atoms with Gasteiger partial charge in [-0.05, 0) is 32.9 Å². The monoisotopic (exact) mass is 423 g/mol. The maximum atomic E-state index is 14.6. The normalized spacial score (nSPS) is 12.3. The van der Waals surface area contributed by atoms with Gasteiger partial charge in [-0.2, -0.15) is 0 Å². The predicted octanol–water partition coefficient (Wildman–Crippen LogP) is 3.44. The summed E-state index contributed by atoms with van der Waals surface area (Å²) in [5.74, 6) is -4.63. The van der Waals surface area contributed by atoms with E-state index in [4.69, 9.17) is 11.6 Å². The number of anilines is 1. The second-order valence-electron chi connectivity index (χ2n) is 6.76. The average Bonchev–Trinajstić information content (AvgIpc) is 2.91. The van der Waals surface area contributed by atoms with E-state index in [9.17, 15) is 26.4 Å². The number of sulfonamides is 1. The molecular weight excluding hydrogens is 407 g/mol. The molecule has 1 aromatic heterocycles. The molecule has 11 heteroatoms. The number of hydrogen-bond donors (Lipinski definition) is 2. The van der Waals surface area contributed by atoms with E-state index in [0.717, 1.165) is 25.4 Å². The first-order valence-electron chi connectivity index (χ1n) is 7.58. The van der Waals surface area contributed by atoms with Gasteiger partial charge in [-0.1, -0.05) is 11.6 Å². The summed E-state index contributed by atoms with van der Waals surface area (Å²) in [6, 6.07) is 1.80. The largest absolute Gasteiger partial charge is 0.353 e. The molecule has 1 amide bonds. The smallest absolute Gasteiger partial charge is 0.277 e. The van der Waals surface area contributed by atoms with E-state index in [-0.39, 0.29) is 0 Å². The zero-order valence-electron chi connectivity index (χ0n) is 14.8. The van der Waals surface area contributed by atoms with Gasteiger partial charge >= 0.3 is 0 Å². The maximum absolute atomic E-state index is 14.6. The van der Waals surface area contributed by atoms with Gasteiger partial charge in [0.1, 0.15) is 21.4 Å². The van der Waals surface area contributed by atoms with Crippen LogP contribution in [0.3, 0.4) is 0 Å². The SMILES string of the molecule is CN(C(=O)c1[nH]cc(S(=O)(=O)NC(C)(C)C)c1F)c1ccc(F)c(Cl)c1F. The van der Waals surface area contributed by atoms with Crippen molar-refractivity contribution in [2.24, 2.45) is 0 Å². The average molecular weight is 424 g/mol. The molecule has 0 bridgehead atoms. The molecule has 1 aromatic carbocycles. The summed E-state index contributed by atoms with van der Waals surface area (Å²) in [6.45, 7) is 4.70. The van der Waals surface area contributed by atoms with Crippen molar-refractivity contribution < 1.29 is 26.4 Å². The number of hydrogen-bond acceptors (Lipinski definition) is 3. The van der Waals surface area contributed by atoms with Crippen molar-refractivity contribution in [2.75, 3.05) is 11.9 Å². The zero-order chi connectivity index (χ0) is 20.7. The van der Waals surface area contributed by atoms with E-state index in [1.54, 1.807) is 20.8 Å². The molecule has 6 nitrogen and oxygen atoms in total. The summed E-state index contributed by atoms with van der Waals surface area (Å²) in [5, 5.41) is -0.822. The molecule has 0 saturated carbocycles. The number of aromatic amines is 1. The van der Waals surface area contributed by atoms with Gasteiger partial charge in [-0.15, -0.1) is 0 Å². The van der Waals surface area contributed by atoms with Crippen LogP contribution in [0.25, 0.3) is 0 Å². The van der Waals surface area contributed by atoms with Crippen LogP contribution in [0.1, 0.15) is 31.3 Å². The first-order valence-corrected chi connectivity index (χ1v) is 9.45. The third-order valence-electron chi connectivity index (χ3n) is 3.41. The Bertz CT molecular complexity index is 1000. The first-order chi connectivity index (χ1) is 12.3. The van der Waals surface area contributed by atoms with Crippen molar-refractivity contribution in [1.29, 1.82) is 0 Å². The molecule has 0 unspecified atom stereocenters. The molecule has 2 rings (SSSR count). The number of amides is 1. The van der Waals surface area contributed by atoms with Crippen LogP contribution in [0, 0.1) is 17.5 Å². The molecule has 2 aromatic rings. The van der Waals surface area contributed by atoms with Crippen LogP contribution in [-0.4, -0.2) is 31.9 Å². The fourth-order valence-corrected chi connectivity index (χ4v) is 3.88. The van der Waals surface area contributed by atoms with Crippen molar-refractivity contribution in [1.82, 2.24) is 9.71 Å². The van der Waals surface area contributed by atoms with Crippen molar-refractivity contribution >= 4 is 33.2 Å². The zero-order valence-corrected chi connectivity index (χ0v) is 16.4. The molecule has 2 N–H and O–H groups in total. The van der Waals surface area contributed by atoms with E-state index in [2.05, 4.69) is 9.71 Å². The number of carbonyl (C=O) groups is 1. The molecule has 0 spiro atoms. The van der Waals surface area contributed by atoms with E-state index >= 15 is 0 Å². The Morgan fingerprint density at radius 3 is 2.33 bits per heavy atom. The van der Waals surface area contributed by atoms with Crippen LogP contribution in [0.4, 0.5) is 18.9 Å². The van der Waals surface area contributed by atoms with Crippen molar-refractivity contribution in [3.8, 4) is 0 Å². The minimum absolute atomic E-state index is 0.405. The van der Waals surface area contributed by atoms with Crippen LogP contribution >= 0.6 is 11.6 Å². The van der Waals surface area contributed by atoms with Gasteiger partial charge in [-0.3, -0.25) is 4.79 Å². The number of nitrogens with zero attached hydrogens (tertiary/aromatic N) is 1. The minimum atomic E-state index is -4.24. The van der Waals surface area contributed by atoms with Crippen LogP contribution in [0.5, 0.6) is 0 Å². The summed E-state index contributed by atoms with van der Waals surface area (Å²) in [6.07, 6.45) is 0.818. The highest BCUT2D eigenvalue weighted by molar-refractivity contribution is 7.89. The highest BCUT2D eigenvalue weighted by Crippen LogP contribution is 2.29. The Balaban J connectivity index is 2.42. The number of halogens is 4. The fourth-order valence-electron chi connectivity index (χ4n) is 2.25. The second-order valence-corrected chi connectivity index (χ2v) is 8.78. The van der Waals surface area contributed by atoms with Crippen molar-refractivity contribution in [2.45, 2.75) is 31.2 Å². The van der Waals surface area contributed by atoms with E-state index in [1.165, 1.54) is 0 Å². The number of nitrogens with one attached hydrogen (secondary N) is 2. The standard InChI is InChI=1S/C16H17ClF3N3O3S/c1-16(2,3)22-27(25,26)10-7-21-14(13(10)20)15(24)23(4)9-6-5-8(18)11(17)12(9)19/h5-7,21-22H,1-4H3. The third kappa shape index (κ3) is 4.28. The maximum Gasteiger partial charge on any atom is 0.277 e. The Morgan fingerprint density at radius 2 is 1.78 bits per heavy atom. The van der Waals surface area contributed by atoms with Gasteiger partial charge < -0.3 is 9.88 Å². The molecule has 0 aliphatic carbocycles. The predicted molar refractivity (Wildman–Crippen MR) is 94.9 cm³/mol. The van der Waals surface area contributed by atoms with Crippen LogP contribution in [0.15, 0.2) is 23.2 Å². The van der Waals surface area contributed by atoms with E-state index in [0.29, 0.717) is 4.90 Å². The quantitative estimate of drug-likeness (QED) is 0.739. The highest BCUT2D eigenvalue weighted by atomic mass is 35.5. The van der Waals surface area contributed by atoms with Gasteiger partial charge in [0.25, 0.3) is 5.91 Å². The number of aromatic nitrogens is 1. The number of carbonyl (C=O) groups excluding carboxylic acids is 1. The van der Waals surface area contributed by atoms with E-state index < -0.39 is 60.2 Å². The van der Waals surface area contributed by atoms with Crippen molar-refractivity contribution in [3.05, 3.63) is 46.5 Å². The Morgan fingerprint density at radius 1 is 1.19 bits per heavy atom. The minimum Gasteiger partial charge on any atom is -0.353 e. The summed E-state index contributed by atoms with van der Waals surface area (Å²) in [7, 11) is -3.14. The molecule has 0 aliphatic heterocycles. The molecule has 0 fully saturated rings. The molecule has 148 valence electrons. The van der Waals surface area contributed by atoms with Gasteiger partial charge in [0.2, 0.25) is 10.0 Å². The Hall–Kier alpha value is -2.04. The summed E-state index contributed by atoms with van der Waals surface area (Å²) < 4.78 is 68.7. The lowest BCUT2D eigenvalue weighted by molar-refractivity contribution is 0.0984. The first kappa shape index (κ1) is 21.3. The molecule has 0 radical (unpaired) electrons. The molecule has 0 saturated heterocycles. The van der Waals surface area contributed by atoms with Gasteiger partial charge in [0, 0.05) is 18.8 Å². The number of H-pyrrole nitrogens is 1. The third-order valence-corrected chi connectivity index (χ3v) is 5.51. The Labute approximate surface area is 159 Å². The summed E-state index contributed by atoms with van der Waals surface area (Å²) in [4.78, 5) is 14.6. The lowest BCUT2D eigenvalue weighted by Crippen LogP contribution is -2.40. The number of benzene rings is 1. The summed E-state index contributed by atoms with van der Waals surface area (Å²) >= 11 is 5.48. The van der Waals surface area contributed by atoms with E-state index in [1.807, 2.05) is 0 Å². The molecule has 27 heavy (non-hydrogen) atoms. The van der Waals surface area contributed by atoms with Gasteiger partial charge in [0.05, 0.1) is 5.69 Å². The van der Waals surface area contributed by atoms with Crippen LogP contribution in [0.2, 0.25) is 5.02 Å². The van der Waals surface area contributed by atoms with Gasteiger partial charge in [-0.25, -0.2) is 26.3 Å². The molecule has 1 heterocycles. The highest BCUT2D eigenvalue weighted by Gasteiger charge is 2.31. The van der Waals surface area contributed by atoms with Crippen LogP contribution in [-0.2, 0) is 10.0 Å².